The predicted molar refractivity (Wildman–Crippen MR) is 136 cm³/mol. The van der Waals surface area contributed by atoms with Crippen LogP contribution in [-0.2, 0) is 0 Å². The molecule has 186 valence electrons. The largest absolute Gasteiger partial charge is 0.336 e. The molecule has 2 bridgehead atoms. The van der Waals surface area contributed by atoms with Crippen molar-refractivity contribution in [3.63, 3.8) is 0 Å². The van der Waals surface area contributed by atoms with Gasteiger partial charge in [0.15, 0.2) is 5.78 Å². The van der Waals surface area contributed by atoms with Crippen LogP contribution in [0.1, 0.15) is 47.6 Å². The standard InChI is InChI=1S/C28H30FN5O2/c1-17(35)20-4-3-5-23(12-20)33-28(36)30-15-24-13-21-10-11-34(24)16-25(21)27-14-26(31-18(2)32-27)19-6-8-22(29)9-7-19/h3-9,12,14,21,24-25H,10-11,13,15-16H2,1-2H3,(H2,30,33,36)/t21-,24+,25-/m0/s1. The van der Waals surface area contributed by atoms with Crippen LogP contribution in [0.25, 0.3) is 11.3 Å². The number of piperidine rings is 3. The number of aryl methyl sites for hydroxylation is 1. The Bertz CT molecular complexity index is 1280. The van der Waals surface area contributed by atoms with Crippen molar-refractivity contribution in [2.45, 2.75) is 38.6 Å². The van der Waals surface area contributed by atoms with Gasteiger partial charge >= 0.3 is 6.03 Å². The van der Waals surface area contributed by atoms with Crippen molar-refractivity contribution < 1.29 is 14.0 Å². The Morgan fingerprint density at radius 1 is 1.11 bits per heavy atom. The summed E-state index contributed by atoms with van der Waals surface area (Å²) in [6.07, 6.45) is 2.08. The lowest BCUT2D eigenvalue weighted by atomic mass is 9.74. The summed E-state index contributed by atoms with van der Waals surface area (Å²) in [7, 11) is 0. The molecule has 4 heterocycles. The maximum atomic E-state index is 13.4. The molecule has 3 fully saturated rings. The first-order chi connectivity index (χ1) is 17.4. The third kappa shape index (κ3) is 5.28. The molecule has 36 heavy (non-hydrogen) atoms. The van der Waals surface area contributed by atoms with E-state index in [4.69, 9.17) is 4.98 Å². The fraction of sp³-hybridized carbons (Fsp3) is 0.357. The van der Waals surface area contributed by atoms with Gasteiger partial charge in [-0.05, 0) is 81.6 Å². The van der Waals surface area contributed by atoms with Crippen molar-refractivity contribution in [3.8, 4) is 11.3 Å². The minimum Gasteiger partial charge on any atom is -0.336 e. The Morgan fingerprint density at radius 2 is 1.92 bits per heavy atom. The lowest BCUT2D eigenvalue weighted by molar-refractivity contribution is 0.0307. The lowest BCUT2D eigenvalue weighted by Gasteiger charge is -2.49. The van der Waals surface area contributed by atoms with Crippen LogP contribution < -0.4 is 10.6 Å². The average Bonchev–Trinajstić information content (AvgIpc) is 2.88. The summed E-state index contributed by atoms with van der Waals surface area (Å²) < 4.78 is 13.4. The minimum atomic E-state index is -0.273. The number of halogens is 1. The molecule has 1 unspecified atom stereocenters. The van der Waals surface area contributed by atoms with Crippen LogP contribution in [0.5, 0.6) is 0 Å². The molecule has 0 spiro atoms. The number of hydrogen-bond acceptors (Lipinski definition) is 5. The van der Waals surface area contributed by atoms with E-state index in [2.05, 4.69) is 20.5 Å². The molecule has 3 aromatic rings. The first kappa shape index (κ1) is 24.1. The van der Waals surface area contributed by atoms with Gasteiger partial charge in [0.05, 0.1) is 5.69 Å². The van der Waals surface area contributed by atoms with E-state index < -0.39 is 0 Å². The van der Waals surface area contributed by atoms with E-state index in [1.165, 1.54) is 19.1 Å². The van der Waals surface area contributed by atoms with Gasteiger partial charge in [-0.25, -0.2) is 19.2 Å². The third-order valence-corrected chi connectivity index (χ3v) is 7.28. The number of hydrogen-bond donors (Lipinski definition) is 2. The molecule has 1 aromatic heterocycles. The van der Waals surface area contributed by atoms with Crippen molar-refractivity contribution >= 4 is 17.5 Å². The monoisotopic (exact) mass is 487 g/mol. The number of anilines is 1. The van der Waals surface area contributed by atoms with Gasteiger partial charge in [0, 0.05) is 47.6 Å². The fourth-order valence-corrected chi connectivity index (χ4v) is 5.44. The summed E-state index contributed by atoms with van der Waals surface area (Å²) in [6, 6.07) is 15.4. The van der Waals surface area contributed by atoms with Crippen molar-refractivity contribution in [3.05, 3.63) is 77.5 Å². The minimum absolute atomic E-state index is 0.0386. The van der Waals surface area contributed by atoms with Gasteiger partial charge in [-0.2, -0.15) is 0 Å². The predicted octanol–water partition coefficient (Wildman–Crippen LogP) is 4.79. The van der Waals surface area contributed by atoms with Crippen LogP contribution in [0.2, 0.25) is 0 Å². The SMILES string of the molecule is CC(=O)c1cccc(NC(=O)NC[C@H]2C[C@@H]3CCN2C[C@@H]3c2cc(-c3ccc(F)cc3)nc(C)n2)c1. The number of urea groups is 1. The van der Waals surface area contributed by atoms with Crippen LogP contribution in [0, 0.1) is 18.7 Å². The summed E-state index contributed by atoms with van der Waals surface area (Å²) in [6.45, 7) is 5.86. The smallest absolute Gasteiger partial charge is 0.319 e. The first-order valence-electron chi connectivity index (χ1n) is 12.4. The second-order valence-corrected chi connectivity index (χ2v) is 9.74. The molecular formula is C28H30FN5O2. The Labute approximate surface area is 210 Å². The highest BCUT2D eigenvalue weighted by molar-refractivity contribution is 5.96. The molecule has 3 saturated heterocycles. The summed E-state index contributed by atoms with van der Waals surface area (Å²) in [5.74, 6) is 1.20. The molecule has 4 atom stereocenters. The molecule has 2 amide bonds. The summed E-state index contributed by atoms with van der Waals surface area (Å²) in [5.41, 5.74) is 3.90. The second-order valence-electron chi connectivity index (χ2n) is 9.74. The lowest BCUT2D eigenvalue weighted by Crippen LogP contribution is -2.56. The van der Waals surface area contributed by atoms with E-state index in [0.29, 0.717) is 35.5 Å². The van der Waals surface area contributed by atoms with Gasteiger partial charge in [-0.15, -0.1) is 0 Å². The molecule has 7 nitrogen and oxygen atoms in total. The van der Waals surface area contributed by atoms with E-state index in [0.717, 1.165) is 42.9 Å². The van der Waals surface area contributed by atoms with Gasteiger partial charge in [-0.1, -0.05) is 12.1 Å². The van der Waals surface area contributed by atoms with Crippen molar-refractivity contribution in [2.24, 2.45) is 5.92 Å². The number of carbonyl (C=O) groups excluding carboxylic acids is 2. The molecule has 3 aliphatic rings. The van der Waals surface area contributed by atoms with E-state index in [-0.39, 0.29) is 23.7 Å². The number of ketones is 1. The number of fused-ring (bicyclic) bond motifs is 3. The number of benzene rings is 2. The summed E-state index contributed by atoms with van der Waals surface area (Å²) >= 11 is 0. The zero-order valence-corrected chi connectivity index (χ0v) is 20.5. The van der Waals surface area contributed by atoms with Crippen LogP contribution in [0.3, 0.4) is 0 Å². The van der Waals surface area contributed by atoms with Gasteiger partial charge in [-0.3, -0.25) is 9.69 Å². The van der Waals surface area contributed by atoms with E-state index >= 15 is 0 Å². The molecule has 0 radical (unpaired) electrons. The average molecular weight is 488 g/mol. The van der Waals surface area contributed by atoms with Crippen molar-refractivity contribution in [2.75, 3.05) is 25.0 Å². The quantitative estimate of drug-likeness (QED) is 0.488. The number of nitrogens with zero attached hydrogens (tertiary/aromatic N) is 3. The van der Waals surface area contributed by atoms with Gasteiger partial charge in [0.25, 0.3) is 0 Å². The highest BCUT2D eigenvalue weighted by Crippen LogP contribution is 2.41. The Balaban J connectivity index is 1.22. The number of Topliss-reactive ketones (excluding diaryl/α,β-unsaturated/α-hetero) is 1. The van der Waals surface area contributed by atoms with E-state index in [9.17, 15) is 14.0 Å². The van der Waals surface area contributed by atoms with Crippen LogP contribution >= 0.6 is 0 Å². The number of rotatable bonds is 6. The maximum Gasteiger partial charge on any atom is 0.319 e. The van der Waals surface area contributed by atoms with Gasteiger partial charge in [0.1, 0.15) is 11.6 Å². The number of carbonyl (C=O) groups is 2. The normalized spacial score (nSPS) is 22.8. The molecular weight excluding hydrogens is 457 g/mol. The highest BCUT2D eigenvalue weighted by Gasteiger charge is 2.41. The zero-order valence-electron chi connectivity index (χ0n) is 20.5. The summed E-state index contributed by atoms with van der Waals surface area (Å²) in [4.78, 5) is 35.9. The van der Waals surface area contributed by atoms with Gasteiger partial charge in [0.2, 0.25) is 0 Å². The topological polar surface area (TPSA) is 87.2 Å². The molecule has 0 saturated carbocycles. The number of nitrogens with one attached hydrogen (secondary N) is 2. The van der Waals surface area contributed by atoms with Crippen LogP contribution in [0.15, 0.2) is 54.6 Å². The molecule has 6 rings (SSSR count). The number of amides is 2. The van der Waals surface area contributed by atoms with Crippen molar-refractivity contribution in [1.82, 2.24) is 20.2 Å². The Kier molecular flexibility index (Phi) is 6.78. The first-order valence-corrected chi connectivity index (χ1v) is 12.4. The highest BCUT2D eigenvalue weighted by atomic mass is 19.1. The molecule has 0 aliphatic carbocycles. The van der Waals surface area contributed by atoms with Crippen molar-refractivity contribution in [1.29, 1.82) is 0 Å². The Morgan fingerprint density at radius 3 is 2.64 bits per heavy atom. The van der Waals surface area contributed by atoms with Crippen LogP contribution in [0.4, 0.5) is 14.9 Å². The summed E-state index contributed by atoms with van der Waals surface area (Å²) in [5, 5.41) is 5.83. The second kappa shape index (κ2) is 10.1. The van der Waals surface area contributed by atoms with E-state index in [1.54, 1.807) is 36.4 Å². The molecule has 2 aromatic carbocycles. The van der Waals surface area contributed by atoms with E-state index in [1.807, 2.05) is 13.0 Å². The molecule has 3 aliphatic heterocycles. The molecule has 2 N–H and O–H groups in total. The molecule has 8 heteroatoms. The third-order valence-electron chi connectivity index (χ3n) is 7.28. The fourth-order valence-electron chi connectivity index (χ4n) is 5.44. The Hall–Kier alpha value is -3.65. The maximum absolute atomic E-state index is 13.4. The number of aromatic nitrogens is 2. The zero-order chi connectivity index (χ0) is 25.2. The van der Waals surface area contributed by atoms with Gasteiger partial charge < -0.3 is 10.6 Å². The van der Waals surface area contributed by atoms with Crippen LogP contribution in [-0.4, -0.2) is 52.4 Å².